The molecule has 0 saturated carbocycles. The molecule has 0 atom stereocenters. The van der Waals surface area contributed by atoms with E-state index in [0.717, 1.165) is 24.3 Å². The van der Waals surface area contributed by atoms with Crippen molar-refractivity contribution >= 4 is 46.6 Å². The fourth-order valence-corrected chi connectivity index (χ4v) is 4.33. The second kappa shape index (κ2) is 8.98. The number of rotatable bonds is 5. The summed E-state index contributed by atoms with van der Waals surface area (Å²) in [6.45, 7) is 2.87. The lowest BCUT2D eigenvalue weighted by Crippen LogP contribution is -2.49. The normalized spacial score (nSPS) is 14.6. The Morgan fingerprint density at radius 3 is 2.38 bits per heavy atom. The number of piperazine rings is 1. The molecular formula is C19H19Cl2FN2OS. The summed E-state index contributed by atoms with van der Waals surface area (Å²) in [6.07, 6.45) is 0. The number of carbonyl (C=O) groups excluding carboxylic acids is 1. The molecule has 0 N–H and O–H groups in total. The van der Waals surface area contributed by atoms with Crippen LogP contribution in [0.1, 0.15) is 5.56 Å². The van der Waals surface area contributed by atoms with E-state index < -0.39 is 0 Å². The third kappa shape index (κ3) is 5.06. The molecule has 1 saturated heterocycles. The Kier molecular flexibility index (Phi) is 6.68. The van der Waals surface area contributed by atoms with Crippen molar-refractivity contribution in [2.75, 3.05) is 36.8 Å². The number of thioether (sulfide) groups is 1. The van der Waals surface area contributed by atoms with Crippen molar-refractivity contribution < 1.29 is 9.18 Å². The van der Waals surface area contributed by atoms with Crippen molar-refractivity contribution in [2.24, 2.45) is 0 Å². The zero-order chi connectivity index (χ0) is 18.5. The van der Waals surface area contributed by atoms with E-state index in [0.29, 0.717) is 34.6 Å². The molecule has 0 aromatic heterocycles. The second-order valence-electron chi connectivity index (χ2n) is 6.07. The fourth-order valence-electron chi connectivity index (χ4n) is 2.84. The van der Waals surface area contributed by atoms with Crippen LogP contribution in [0, 0.1) is 5.82 Å². The Labute approximate surface area is 167 Å². The van der Waals surface area contributed by atoms with Gasteiger partial charge in [0.25, 0.3) is 0 Å². The summed E-state index contributed by atoms with van der Waals surface area (Å²) >= 11 is 13.6. The molecule has 3 nitrogen and oxygen atoms in total. The van der Waals surface area contributed by atoms with Gasteiger partial charge in [0.15, 0.2) is 0 Å². The van der Waals surface area contributed by atoms with Crippen molar-refractivity contribution in [3.63, 3.8) is 0 Å². The molecule has 138 valence electrons. The van der Waals surface area contributed by atoms with Crippen LogP contribution in [0.5, 0.6) is 0 Å². The molecular weight excluding hydrogens is 394 g/mol. The molecule has 2 aromatic carbocycles. The fraction of sp³-hybridized carbons (Fsp3) is 0.316. The van der Waals surface area contributed by atoms with Crippen molar-refractivity contribution in [3.05, 3.63) is 63.9 Å². The number of carbonyl (C=O) groups is 1. The average Bonchev–Trinajstić information content (AvgIpc) is 2.64. The zero-order valence-electron chi connectivity index (χ0n) is 14.1. The van der Waals surface area contributed by atoms with E-state index in [1.165, 1.54) is 12.1 Å². The maximum absolute atomic E-state index is 13.0. The van der Waals surface area contributed by atoms with Crippen LogP contribution in [-0.2, 0) is 10.5 Å². The van der Waals surface area contributed by atoms with Gasteiger partial charge in [0, 0.05) is 47.7 Å². The van der Waals surface area contributed by atoms with Crippen LogP contribution in [0.25, 0.3) is 0 Å². The number of benzene rings is 2. The lowest BCUT2D eigenvalue weighted by molar-refractivity contribution is -0.128. The Hall–Kier alpha value is -1.43. The monoisotopic (exact) mass is 412 g/mol. The minimum Gasteiger partial charge on any atom is -0.368 e. The summed E-state index contributed by atoms with van der Waals surface area (Å²) in [5.74, 6) is 1.01. The number of hydrogen-bond donors (Lipinski definition) is 0. The third-order valence-electron chi connectivity index (χ3n) is 4.32. The smallest absolute Gasteiger partial charge is 0.232 e. The van der Waals surface area contributed by atoms with E-state index in [9.17, 15) is 9.18 Å². The van der Waals surface area contributed by atoms with Crippen LogP contribution in [0.15, 0.2) is 42.5 Å². The topological polar surface area (TPSA) is 23.6 Å². The first-order valence-corrected chi connectivity index (χ1v) is 10.2. The molecule has 0 bridgehead atoms. The molecule has 7 heteroatoms. The van der Waals surface area contributed by atoms with Gasteiger partial charge in [0.05, 0.1) is 5.75 Å². The summed E-state index contributed by atoms with van der Waals surface area (Å²) in [5, 5.41) is 1.24. The maximum atomic E-state index is 13.0. The van der Waals surface area contributed by atoms with Crippen LogP contribution in [0.2, 0.25) is 10.0 Å². The minimum absolute atomic E-state index is 0.138. The Balaban J connectivity index is 1.44. The predicted molar refractivity (Wildman–Crippen MR) is 108 cm³/mol. The van der Waals surface area contributed by atoms with E-state index in [4.69, 9.17) is 23.2 Å². The van der Waals surface area contributed by atoms with E-state index in [-0.39, 0.29) is 11.7 Å². The highest BCUT2D eigenvalue weighted by molar-refractivity contribution is 7.99. The van der Waals surface area contributed by atoms with Crippen LogP contribution in [0.4, 0.5) is 10.1 Å². The van der Waals surface area contributed by atoms with Crippen LogP contribution >= 0.6 is 35.0 Å². The number of nitrogens with zero attached hydrogens (tertiary/aromatic N) is 2. The summed E-state index contributed by atoms with van der Waals surface area (Å²) < 4.78 is 13.0. The van der Waals surface area contributed by atoms with Gasteiger partial charge in [0.1, 0.15) is 5.82 Å². The Morgan fingerprint density at radius 1 is 1.04 bits per heavy atom. The molecule has 2 aromatic rings. The Morgan fingerprint density at radius 2 is 1.73 bits per heavy atom. The molecule has 1 fully saturated rings. The van der Waals surface area contributed by atoms with Crippen LogP contribution in [-0.4, -0.2) is 42.7 Å². The third-order valence-corrected chi connectivity index (χ3v) is 5.88. The van der Waals surface area contributed by atoms with Gasteiger partial charge in [-0.05, 0) is 42.0 Å². The van der Waals surface area contributed by atoms with Gasteiger partial charge in [-0.1, -0.05) is 29.3 Å². The molecule has 1 heterocycles. The van der Waals surface area contributed by atoms with Gasteiger partial charge in [0.2, 0.25) is 5.91 Å². The van der Waals surface area contributed by atoms with E-state index >= 15 is 0 Å². The van der Waals surface area contributed by atoms with E-state index in [2.05, 4.69) is 4.90 Å². The minimum atomic E-state index is -0.236. The van der Waals surface area contributed by atoms with Gasteiger partial charge in [-0.2, -0.15) is 0 Å². The van der Waals surface area contributed by atoms with Crippen molar-refractivity contribution in [1.29, 1.82) is 0 Å². The first-order chi connectivity index (χ1) is 12.5. The van der Waals surface area contributed by atoms with Gasteiger partial charge in [-0.25, -0.2) is 4.39 Å². The highest BCUT2D eigenvalue weighted by Gasteiger charge is 2.21. The average molecular weight is 413 g/mol. The second-order valence-corrected chi connectivity index (χ2v) is 7.90. The number of anilines is 1. The molecule has 26 heavy (non-hydrogen) atoms. The molecule has 0 aliphatic carbocycles. The summed E-state index contributed by atoms with van der Waals surface area (Å²) in [5.41, 5.74) is 1.97. The highest BCUT2D eigenvalue weighted by atomic mass is 35.5. The van der Waals surface area contributed by atoms with Gasteiger partial charge in [-0.15, -0.1) is 11.8 Å². The number of amides is 1. The molecule has 0 spiro atoms. The van der Waals surface area contributed by atoms with Crippen molar-refractivity contribution in [2.45, 2.75) is 5.75 Å². The number of halogens is 3. The highest BCUT2D eigenvalue weighted by Crippen LogP contribution is 2.25. The molecule has 3 rings (SSSR count). The van der Waals surface area contributed by atoms with Crippen LogP contribution in [0.3, 0.4) is 0 Å². The lowest BCUT2D eigenvalue weighted by Gasteiger charge is -2.36. The Bertz CT molecular complexity index is 765. The number of hydrogen-bond acceptors (Lipinski definition) is 3. The largest absolute Gasteiger partial charge is 0.368 e. The summed E-state index contributed by atoms with van der Waals surface area (Å²) in [6, 6.07) is 11.9. The standard InChI is InChI=1S/C19H19Cl2FN2OS/c20-15-2-1-14(18(21)11-15)12-26-13-19(25)24-9-7-23(8-10-24)17-5-3-16(22)4-6-17/h1-6,11H,7-10,12-13H2. The quantitative estimate of drug-likeness (QED) is 0.709. The van der Waals surface area contributed by atoms with Crippen molar-refractivity contribution in [1.82, 2.24) is 4.90 Å². The molecule has 1 aliphatic rings. The first kappa shape index (κ1) is 19.3. The molecule has 0 unspecified atom stereocenters. The SMILES string of the molecule is O=C(CSCc1ccc(Cl)cc1Cl)N1CCN(c2ccc(F)cc2)CC1. The molecule has 0 radical (unpaired) electrons. The van der Waals surface area contributed by atoms with E-state index in [1.807, 2.05) is 11.0 Å². The van der Waals surface area contributed by atoms with Gasteiger partial charge in [-0.3, -0.25) is 4.79 Å². The maximum Gasteiger partial charge on any atom is 0.232 e. The van der Waals surface area contributed by atoms with Crippen LogP contribution < -0.4 is 4.90 Å². The van der Waals surface area contributed by atoms with Gasteiger partial charge < -0.3 is 9.80 Å². The predicted octanol–water partition coefficient (Wildman–Crippen LogP) is 4.71. The molecule has 1 aliphatic heterocycles. The van der Waals surface area contributed by atoms with E-state index in [1.54, 1.807) is 36.0 Å². The van der Waals surface area contributed by atoms with Crippen molar-refractivity contribution in [3.8, 4) is 0 Å². The van der Waals surface area contributed by atoms with Gasteiger partial charge >= 0.3 is 0 Å². The summed E-state index contributed by atoms with van der Waals surface area (Å²) in [7, 11) is 0. The zero-order valence-corrected chi connectivity index (χ0v) is 16.5. The first-order valence-electron chi connectivity index (χ1n) is 8.33. The lowest BCUT2D eigenvalue weighted by atomic mass is 10.2. The molecule has 1 amide bonds. The summed E-state index contributed by atoms with van der Waals surface area (Å²) in [4.78, 5) is 16.5.